The average molecular weight is 343 g/mol. The van der Waals surface area contributed by atoms with Gasteiger partial charge < -0.3 is 25.2 Å². The molecule has 1 aromatic rings. The van der Waals surface area contributed by atoms with Crippen molar-refractivity contribution in [3.05, 3.63) is 34.4 Å². The van der Waals surface area contributed by atoms with E-state index in [2.05, 4.69) is 15.3 Å². The van der Waals surface area contributed by atoms with Crippen LogP contribution >= 0.6 is 0 Å². The minimum atomic E-state index is -2.00. The van der Waals surface area contributed by atoms with Crippen molar-refractivity contribution in [2.24, 2.45) is 5.10 Å². The van der Waals surface area contributed by atoms with Crippen molar-refractivity contribution in [3.8, 4) is 0 Å². The Bertz CT molecular complexity index is 621. The zero-order valence-corrected chi connectivity index (χ0v) is 12.6. The van der Waals surface area contributed by atoms with E-state index in [0.29, 0.717) is 0 Å². The molecule has 0 saturated carbocycles. The first kappa shape index (κ1) is 19.4. The van der Waals surface area contributed by atoms with Gasteiger partial charge in [-0.05, 0) is 6.07 Å². The zero-order valence-electron chi connectivity index (χ0n) is 12.6. The monoisotopic (exact) mass is 343 g/mol. The van der Waals surface area contributed by atoms with Crippen LogP contribution in [0.5, 0.6) is 0 Å². The number of ether oxygens (including phenoxy) is 1. The van der Waals surface area contributed by atoms with Crippen LogP contribution in [0.25, 0.3) is 0 Å². The van der Waals surface area contributed by atoms with Gasteiger partial charge in [0.15, 0.2) is 5.71 Å². The van der Waals surface area contributed by atoms with Gasteiger partial charge in [-0.3, -0.25) is 15.5 Å². The van der Waals surface area contributed by atoms with E-state index < -0.39 is 41.5 Å². The van der Waals surface area contributed by atoms with Crippen molar-refractivity contribution >= 4 is 23.1 Å². The number of hydrogen-bond donors (Lipinski definition) is 5. The molecule has 11 nitrogen and oxygen atoms in total. The summed E-state index contributed by atoms with van der Waals surface area (Å²) >= 11 is 0. The summed E-state index contributed by atoms with van der Waals surface area (Å²) in [6, 6.07) is 5.40. The number of esters is 1. The summed E-state index contributed by atoms with van der Waals surface area (Å²) in [6.45, 7) is -0.871. The van der Waals surface area contributed by atoms with Gasteiger partial charge >= 0.3 is 5.97 Å². The molecule has 24 heavy (non-hydrogen) atoms. The molecule has 11 heteroatoms. The van der Waals surface area contributed by atoms with E-state index in [9.17, 15) is 30.2 Å². The van der Waals surface area contributed by atoms with Gasteiger partial charge in [0.05, 0.1) is 18.6 Å². The third-order valence-electron chi connectivity index (χ3n) is 2.98. The van der Waals surface area contributed by atoms with Crippen molar-refractivity contribution in [2.75, 3.05) is 19.1 Å². The normalized spacial score (nSPS) is 15.3. The lowest BCUT2D eigenvalue weighted by molar-refractivity contribution is -0.384. The third-order valence-corrected chi connectivity index (χ3v) is 2.98. The fourth-order valence-electron chi connectivity index (χ4n) is 1.67. The lowest BCUT2D eigenvalue weighted by atomic mass is 10.0. The van der Waals surface area contributed by atoms with Crippen molar-refractivity contribution in [1.82, 2.24) is 0 Å². The highest BCUT2D eigenvalue weighted by Gasteiger charge is 2.33. The summed E-state index contributed by atoms with van der Waals surface area (Å²) in [5, 5.41) is 52.1. The second-order valence-corrected chi connectivity index (χ2v) is 4.56. The molecule has 0 radical (unpaired) electrons. The first-order valence-corrected chi connectivity index (χ1v) is 6.63. The predicted octanol–water partition coefficient (Wildman–Crippen LogP) is -1.39. The highest BCUT2D eigenvalue weighted by molar-refractivity contribution is 6.38. The molecule has 0 aliphatic heterocycles. The fourth-order valence-corrected chi connectivity index (χ4v) is 1.67. The van der Waals surface area contributed by atoms with Crippen LogP contribution in [0.1, 0.15) is 0 Å². The van der Waals surface area contributed by atoms with Gasteiger partial charge in [0.25, 0.3) is 5.69 Å². The molecule has 0 aliphatic rings. The number of anilines is 1. The van der Waals surface area contributed by atoms with Gasteiger partial charge in [-0.25, -0.2) is 4.79 Å². The summed E-state index contributed by atoms with van der Waals surface area (Å²) in [4.78, 5) is 21.9. The van der Waals surface area contributed by atoms with E-state index >= 15 is 0 Å². The van der Waals surface area contributed by atoms with Crippen LogP contribution in [0, 0.1) is 10.1 Å². The Labute approximate surface area is 136 Å². The number of para-hydroxylation sites is 2. The van der Waals surface area contributed by atoms with E-state index in [4.69, 9.17) is 5.11 Å². The van der Waals surface area contributed by atoms with E-state index in [1.807, 2.05) is 0 Å². The van der Waals surface area contributed by atoms with Crippen molar-refractivity contribution < 1.29 is 34.9 Å². The minimum absolute atomic E-state index is 0.0756. The Balaban J connectivity index is 3.12. The summed E-state index contributed by atoms with van der Waals surface area (Å²) in [5.41, 5.74) is 1.08. The molecular formula is C13H17N3O8. The van der Waals surface area contributed by atoms with Crippen LogP contribution in [0.15, 0.2) is 29.4 Å². The molecule has 0 spiro atoms. The number of nitro benzene ring substituents is 1. The van der Waals surface area contributed by atoms with Gasteiger partial charge in [-0.2, -0.15) is 5.10 Å². The number of nitro groups is 1. The number of nitrogens with zero attached hydrogens (tertiary/aromatic N) is 2. The van der Waals surface area contributed by atoms with E-state index in [1.54, 1.807) is 0 Å². The molecule has 0 bridgehead atoms. The van der Waals surface area contributed by atoms with E-state index in [-0.39, 0.29) is 11.4 Å². The number of methoxy groups -OCH3 is 1. The highest BCUT2D eigenvalue weighted by atomic mass is 16.6. The molecule has 3 atom stereocenters. The second kappa shape index (κ2) is 8.88. The van der Waals surface area contributed by atoms with Crippen LogP contribution in [-0.2, 0) is 9.53 Å². The quantitative estimate of drug-likeness (QED) is 0.165. The van der Waals surface area contributed by atoms with E-state index in [1.165, 1.54) is 24.3 Å². The smallest absolute Gasteiger partial charge is 0.357 e. The van der Waals surface area contributed by atoms with Crippen molar-refractivity contribution in [1.29, 1.82) is 0 Å². The molecule has 0 heterocycles. The number of nitrogens with one attached hydrogen (secondary N) is 1. The Morgan fingerprint density at radius 2 is 2.00 bits per heavy atom. The standard InChI is InChI=1S/C13H17N3O8/c1-24-13(21)10(12(20)11(19)9(18)6-17)15-14-7-4-2-3-5-8(7)16(22)23/h2-5,9,11-12,14,17-20H,6H2,1H3/t9-,11-,12-/m1/s1. The van der Waals surface area contributed by atoms with Crippen LogP contribution in [0.4, 0.5) is 11.4 Å². The molecule has 132 valence electrons. The molecular weight excluding hydrogens is 326 g/mol. The number of hydrogen-bond acceptors (Lipinski definition) is 10. The SMILES string of the molecule is COC(=O)C(=NNc1ccccc1[N+](=O)[O-])[C@@H](O)[C@H](O)[C@H](O)CO. The molecule has 0 fully saturated rings. The molecule has 0 aromatic heterocycles. The fraction of sp³-hybridized carbons (Fsp3) is 0.385. The largest absolute Gasteiger partial charge is 0.464 e. The Kier molecular flexibility index (Phi) is 7.20. The summed E-state index contributed by atoms with van der Waals surface area (Å²) in [7, 11) is 0.990. The number of hydrazone groups is 1. The van der Waals surface area contributed by atoms with E-state index in [0.717, 1.165) is 7.11 Å². The highest BCUT2D eigenvalue weighted by Crippen LogP contribution is 2.23. The molecule has 1 aromatic carbocycles. The first-order valence-electron chi connectivity index (χ1n) is 6.63. The molecule has 0 aliphatic carbocycles. The number of rotatable bonds is 8. The lowest BCUT2D eigenvalue weighted by Gasteiger charge is -2.21. The Hall–Kier alpha value is -2.60. The zero-order chi connectivity index (χ0) is 18.3. The van der Waals surface area contributed by atoms with Gasteiger partial charge in [-0.15, -0.1) is 0 Å². The van der Waals surface area contributed by atoms with Crippen LogP contribution in [-0.4, -0.2) is 69.1 Å². The predicted molar refractivity (Wildman–Crippen MR) is 81.3 cm³/mol. The average Bonchev–Trinajstić information content (AvgIpc) is 2.60. The van der Waals surface area contributed by atoms with Gasteiger partial charge in [0, 0.05) is 6.07 Å². The molecule has 0 unspecified atom stereocenters. The van der Waals surface area contributed by atoms with Gasteiger partial charge in [-0.1, -0.05) is 12.1 Å². The van der Waals surface area contributed by atoms with Gasteiger partial charge in [0.1, 0.15) is 24.0 Å². The van der Waals surface area contributed by atoms with Crippen LogP contribution < -0.4 is 5.43 Å². The summed E-state index contributed by atoms with van der Waals surface area (Å²) < 4.78 is 4.40. The number of aliphatic hydroxyl groups is 4. The number of carbonyl (C=O) groups is 1. The second-order valence-electron chi connectivity index (χ2n) is 4.56. The molecule has 0 amide bonds. The molecule has 5 N–H and O–H groups in total. The maximum atomic E-state index is 11.7. The minimum Gasteiger partial charge on any atom is -0.464 e. The maximum Gasteiger partial charge on any atom is 0.357 e. The van der Waals surface area contributed by atoms with Crippen LogP contribution in [0.3, 0.4) is 0 Å². The number of benzene rings is 1. The lowest BCUT2D eigenvalue weighted by Crippen LogP contribution is -2.46. The Morgan fingerprint density at radius 1 is 1.38 bits per heavy atom. The third kappa shape index (κ3) is 4.70. The maximum absolute atomic E-state index is 11.7. The topological polar surface area (TPSA) is 175 Å². The van der Waals surface area contributed by atoms with Gasteiger partial charge in [0.2, 0.25) is 0 Å². The first-order chi connectivity index (χ1) is 11.3. The summed E-state index contributed by atoms with van der Waals surface area (Å²) in [5.74, 6) is -1.14. The molecule has 0 saturated heterocycles. The molecule has 1 rings (SSSR count). The van der Waals surface area contributed by atoms with Crippen molar-refractivity contribution in [3.63, 3.8) is 0 Å². The Morgan fingerprint density at radius 3 is 2.54 bits per heavy atom. The number of carbonyl (C=O) groups excluding carboxylic acids is 1. The summed E-state index contributed by atoms with van der Waals surface area (Å²) in [6.07, 6.45) is -5.67. The van der Waals surface area contributed by atoms with Crippen molar-refractivity contribution in [2.45, 2.75) is 18.3 Å². The number of aliphatic hydroxyl groups excluding tert-OH is 4. The van der Waals surface area contributed by atoms with Crippen LogP contribution in [0.2, 0.25) is 0 Å².